The summed E-state index contributed by atoms with van der Waals surface area (Å²) in [6, 6.07) is 3.87. The number of hydrogen-bond acceptors (Lipinski definition) is 2. The number of carbonyl (C=O) groups is 1. The van der Waals surface area contributed by atoms with E-state index in [0.717, 1.165) is 27.8 Å². The first-order valence-corrected chi connectivity index (χ1v) is 8.39. The summed E-state index contributed by atoms with van der Waals surface area (Å²) >= 11 is 3.53. The summed E-state index contributed by atoms with van der Waals surface area (Å²) in [4.78, 5) is 12.1. The molecule has 0 saturated heterocycles. The smallest absolute Gasteiger partial charge is 0.258 e. The molecule has 1 amide bonds. The topological polar surface area (TPSA) is 38.3 Å². The Kier molecular flexibility index (Phi) is 6.08. The lowest BCUT2D eigenvalue weighted by Gasteiger charge is -2.33. The zero-order chi connectivity index (χ0) is 17.1. The van der Waals surface area contributed by atoms with Crippen LogP contribution in [0, 0.1) is 19.3 Å². The molecule has 1 aromatic rings. The fraction of sp³-hybridized carbons (Fsp3) is 0.611. The van der Waals surface area contributed by atoms with Gasteiger partial charge in [-0.2, -0.15) is 0 Å². The molecule has 0 aliphatic heterocycles. The Labute approximate surface area is 143 Å². The number of amides is 1. The van der Waals surface area contributed by atoms with Gasteiger partial charge in [0.1, 0.15) is 5.75 Å². The number of rotatable bonds is 5. The monoisotopic (exact) mass is 369 g/mol. The van der Waals surface area contributed by atoms with Crippen LogP contribution in [0.5, 0.6) is 5.75 Å². The van der Waals surface area contributed by atoms with Gasteiger partial charge in [0.15, 0.2) is 6.61 Å². The minimum absolute atomic E-state index is 0.0358. The van der Waals surface area contributed by atoms with Crippen molar-refractivity contribution in [2.45, 2.75) is 60.4 Å². The van der Waals surface area contributed by atoms with Crippen LogP contribution >= 0.6 is 15.9 Å². The van der Waals surface area contributed by atoms with Crippen LogP contribution < -0.4 is 10.1 Å². The lowest BCUT2D eigenvalue weighted by molar-refractivity contribution is -0.125. The van der Waals surface area contributed by atoms with Gasteiger partial charge in [-0.1, -0.05) is 36.7 Å². The van der Waals surface area contributed by atoms with E-state index in [-0.39, 0.29) is 23.5 Å². The molecule has 0 spiro atoms. The van der Waals surface area contributed by atoms with Crippen molar-refractivity contribution in [1.29, 1.82) is 0 Å². The van der Waals surface area contributed by atoms with Crippen molar-refractivity contribution in [2.75, 3.05) is 6.61 Å². The van der Waals surface area contributed by atoms with Crippen LogP contribution in [0.2, 0.25) is 0 Å². The van der Waals surface area contributed by atoms with Gasteiger partial charge in [-0.15, -0.1) is 0 Å². The highest BCUT2D eigenvalue weighted by atomic mass is 79.9. The molecule has 3 nitrogen and oxygen atoms in total. The van der Waals surface area contributed by atoms with Crippen LogP contribution in [0.4, 0.5) is 0 Å². The molecule has 4 heteroatoms. The third-order valence-corrected chi connectivity index (χ3v) is 4.48. The summed E-state index contributed by atoms with van der Waals surface area (Å²) in [5.41, 5.74) is 2.12. The number of aryl methyl sites for hydroxylation is 2. The molecule has 0 fully saturated rings. The normalized spacial score (nSPS) is 12.2. The molecule has 0 aliphatic carbocycles. The summed E-state index contributed by atoms with van der Waals surface area (Å²) in [5.74, 6) is 0.634. The van der Waals surface area contributed by atoms with Crippen molar-refractivity contribution in [3.05, 3.63) is 27.7 Å². The lowest BCUT2D eigenvalue weighted by Crippen LogP contribution is -2.47. The maximum absolute atomic E-state index is 12.1. The molecular weight excluding hydrogens is 342 g/mol. The summed E-state index contributed by atoms with van der Waals surface area (Å²) in [5, 5.41) is 3.05. The van der Waals surface area contributed by atoms with Gasteiger partial charge in [-0.25, -0.2) is 0 Å². The fourth-order valence-corrected chi connectivity index (χ4v) is 3.15. The number of benzene rings is 1. The summed E-state index contributed by atoms with van der Waals surface area (Å²) in [6.45, 7) is 14.7. The Bertz CT molecular complexity index is 522. The third-order valence-electron chi connectivity index (χ3n) is 3.23. The molecule has 124 valence electrons. The average Bonchev–Trinajstić information content (AvgIpc) is 2.29. The maximum Gasteiger partial charge on any atom is 0.258 e. The third kappa shape index (κ3) is 6.39. The number of carbonyl (C=O) groups excluding carboxylic acids is 1. The van der Waals surface area contributed by atoms with Crippen LogP contribution in [0.25, 0.3) is 0 Å². The van der Waals surface area contributed by atoms with E-state index >= 15 is 0 Å². The van der Waals surface area contributed by atoms with E-state index in [9.17, 15) is 4.79 Å². The Balaban J connectivity index is 2.60. The minimum Gasteiger partial charge on any atom is -0.484 e. The Hall–Kier alpha value is -1.03. The van der Waals surface area contributed by atoms with E-state index in [1.165, 1.54) is 0 Å². The predicted octanol–water partition coefficient (Wildman–Crippen LogP) is 4.78. The van der Waals surface area contributed by atoms with E-state index in [4.69, 9.17) is 4.74 Å². The van der Waals surface area contributed by atoms with Crippen molar-refractivity contribution in [1.82, 2.24) is 5.32 Å². The van der Waals surface area contributed by atoms with Gasteiger partial charge >= 0.3 is 0 Å². The molecule has 0 saturated carbocycles. The molecule has 0 atom stereocenters. The van der Waals surface area contributed by atoms with Gasteiger partial charge in [0.05, 0.1) is 0 Å². The first-order chi connectivity index (χ1) is 9.89. The number of hydrogen-bond donors (Lipinski definition) is 1. The second-order valence-electron chi connectivity index (χ2n) is 7.83. The SMILES string of the molecule is Cc1cc(OCC(=O)NC(C)(C)CC(C)(C)C)cc(C)c1Br. The molecule has 0 heterocycles. The molecule has 0 unspecified atom stereocenters. The number of ether oxygens (including phenoxy) is 1. The van der Waals surface area contributed by atoms with Gasteiger partial charge in [-0.3, -0.25) is 4.79 Å². The molecule has 1 N–H and O–H groups in total. The summed E-state index contributed by atoms with van der Waals surface area (Å²) < 4.78 is 6.71. The highest BCUT2D eigenvalue weighted by Gasteiger charge is 2.27. The van der Waals surface area contributed by atoms with E-state index in [1.54, 1.807) is 0 Å². The van der Waals surface area contributed by atoms with Crippen molar-refractivity contribution in [3.63, 3.8) is 0 Å². The highest BCUT2D eigenvalue weighted by Crippen LogP contribution is 2.27. The summed E-state index contributed by atoms with van der Waals surface area (Å²) in [7, 11) is 0. The number of halogens is 1. The van der Waals surface area contributed by atoms with Crippen molar-refractivity contribution >= 4 is 21.8 Å². The lowest BCUT2D eigenvalue weighted by atomic mass is 9.82. The largest absolute Gasteiger partial charge is 0.484 e. The second-order valence-corrected chi connectivity index (χ2v) is 8.62. The van der Waals surface area contributed by atoms with Crippen LogP contribution in [0.3, 0.4) is 0 Å². The quantitative estimate of drug-likeness (QED) is 0.810. The van der Waals surface area contributed by atoms with Gasteiger partial charge < -0.3 is 10.1 Å². The van der Waals surface area contributed by atoms with Gasteiger partial charge in [0, 0.05) is 10.0 Å². The van der Waals surface area contributed by atoms with Gasteiger partial charge in [0.2, 0.25) is 0 Å². The van der Waals surface area contributed by atoms with Crippen LogP contribution in [0.15, 0.2) is 16.6 Å². The zero-order valence-corrected chi connectivity index (χ0v) is 16.3. The van der Waals surface area contributed by atoms with Crippen molar-refractivity contribution < 1.29 is 9.53 Å². The van der Waals surface area contributed by atoms with Crippen molar-refractivity contribution in [3.8, 4) is 5.75 Å². The predicted molar refractivity (Wildman–Crippen MR) is 95.4 cm³/mol. The molecule has 0 aliphatic rings. The summed E-state index contributed by atoms with van der Waals surface area (Å²) in [6.07, 6.45) is 0.905. The zero-order valence-electron chi connectivity index (χ0n) is 14.8. The molecule has 0 radical (unpaired) electrons. The van der Waals surface area contributed by atoms with Gasteiger partial charge in [0.25, 0.3) is 5.91 Å². The number of nitrogens with one attached hydrogen (secondary N) is 1. The second kappa shape index (κ2) is 7.03. The molecule has 0 bridgehead atoms. The van der Waals surface area contributed by atoms with E-state index < -0.39 is 0 Å². The van der Waals surface area contributed by atoms with Gasteiger partial charge in [-0.05, 0) is 62.8 Å². The fourth-order valence-electron chi connectivity index (χ4n) is 2.92. The van der Waals surface area contributed by atoms with E-state index in [2.05, 4.69) is 42.0 Å². The standard InChI is InChI=1S/C18H28BrNO2/c1-12-8-14(9-13(2)16(12)19)22-10-15(21)20-18(6,7)11-17(3,4)5/h8-9H,10-11H2,1-7H3,(H,20,21). The Morgan fingerprint density at radius 2 is 1.64 bits per heavy atom. The first kappa shape index (κ1) is 19.0. The van der Waals surface area contributed by atoms with Crippen LogP contribution in [0.1, 0.15) is 52.2 Å². The Morgan fingerprint density at radius 3 is 2.09 bits per heavy atom. The van der Waals surface area contributed by atoms with Crippen LogP contribution in [-0.4, -0.2) is 18.1 Å². The molecule has 0 aromatic heterocycles. The highest BCUT2D eigenvalue weighted by molar-refractivity contribution is 9.10. The molecular formula is C18H28BrNO2. The van der Waals surface area contributed by atoms with Crippen LogP contribution in [-0.2, 0) is 4.79 Å². The van der Waals surface area contributed by atoms with E-state index in [1.807, 2.05) is 39.8 Å². The molecule has 1 aromatic carbocycles. The van der Waals surface area contributed by atoms with Crippen molar-refractivity contribution in [2.24, 2.45) is 5.41 Å². The Morgan fingerprint density at radius 1 is 1.14 bits per heavy atom. The maximum atomic E-state index is 12.1. The molecule has 1 rings (SSSR count). The minimum atomic E-state index is -0.246. The van der Waals surface area contributed by atoms with E-state index in [0.29, 0.717) is 0 Å². The molecule has 22 heavy (non-hydrogen) atoms. The first-order valence-electron chi connectivity index (χ1n) is 7.60. The average molecular weight is 370 g/mol.